The van der Waals surface area contributed by atoms with E-state index >= 15 is 0 Å². The summed E-state index contributed by atoms with van der Waals surface area (Å²) in [6, 6.07) is -1.89. The molecule has 8 heteroatoms. The lowest BCUT2D eigenvalue weighted by atomic mass is 10.1. The number of primary amides is 1. The maximum Gasteiger partial charge on any atom is 0.303 e. The second kappa shape index (κ2) is 8.06. The van der Waals surface area contributed by atoms with Gasteiger partial charge in [0.05, 0.1) is 0 Å². The van der Waals surface area contributed by atoms with Crippen LogP contribution >= 0.6 is 0 Å². The fraction of sp³-hybridized carbons (Fsp3) is 0.636. The van der Waals surface area contributed by atoms with Gasteiger partial charge in [-0.1, -0.05) is 6.92 Å². The third-order valence-electron chi connectivity index (χ3n) is 2.40. The van der Waals surface area contributed by atoms with Crippen LogP contribution in [-0.4, -0.2) is 40.9 Å². The molecule has 0 rings (SSSR count). The maximum atomic E-state index is 11.7. The Morgan fingerprint density at radius 2 is 1.79 bits per heavy atom. The molecule has 0 fully saturated rings. The zero-order valence-corrected chi connectivity index (χ0v) is 10.9. The fourth-order valence-corrected chi connectivity index (χ4v) is 1.26. The number of amides is 3. The molecule has 0 aromatic rings. The average Bonchev–Trinajstić information content (AvgIpc) is 2.32. The SMILES string of the molecule is CCC(=O)N[C@@H](C)C(=O)N[C@H](CCC(=O)O)C(N)=O. The molecule has 0 saturated heterocycles. The highest BCUT2D eigenvalue weighted by molar-refractivity contribution is 5.91. The van der Waals surface area contributed by atoms with E-state index in [1.807, 2.05) is 0 Å². The van der Waals surface area contributed by atoms with Gasteiger partial charge in [-0.2, -0.15) is 0 Å². The number of nitrogens with one attached hydrogen (secondary N) is 2. The van der Waals surface area contributed by atoms with Gasteiger partial charge >= 0.3 is 5.97 Å². The summed E-state index contributed by atoms with van der Waals surface area (Å²) in [4.78, 5) is 44.3. The lowest BCUT2D eigenvalue weighted by molar-refractivity contribution is -0.137. The van der Waals surface area contributed by atoms with Gasteiger partial charge in [-0.3, -0.25) is 19.2 Å². The minimum atomic E-state index is -1.09. The van der Waals surface area contributed by atoms with Gasteiger partial charge in [-0.25, -0.2) is 0 Å². The van der Waals surface area contributed by atoms with Crippen LogP contribution in [0.1, 0.15) is 33.1 Å². The molecule has 3 amide bonds. The molecule has 19 heavy (non-hydrogen) atoms. The number of carbonyl (C=O) groups is 4. The van der Waals surface area contributed by atoms with E-state index in [9.17, 15) is 19.2 Å². The second-order valence-electron chi connectivity index (χ2n) is 4.04. The third kappa shape index (κ3) is 7.02. The molecule has 0 aromatic carbocycles. The van der Waals surface area contributed by atoms with Crippen molar-refractivity contribution in [2.45, 2.75) is 45.2 Å². The van der Waals surface area contributed by atoms with E-state index in [1.54, 1.807) is 6.92 Å². The quantitative estimate of drug-likeness (QED) is 0.437. The smallest absolute Gasteiger partial charge is 0.303 e. The number of carbonyl (C=O) groups excluding carboxylic acids is 3. The zero-order valence-electron chi connectivity index (χ0n) is 10.9. The highest BCUT2D eigenvalue weighted by Crippen LogP contribution is 1.98. The van der Waals surface area contributed by atoms with Crippen LogP contribution < -0.4 is 16.4 Å². The minimum Gasteiger partial charge on any atom is -0.481 e. The molecule has 108 valence electrons. The molecule has 8 nitrogen and oxygen atoms in total. The number of hydrogen-bond donors (Lipinski definition) is 4. The van der Waals surface area contributed by atoms with Crippen LogP contribution in [0, 0.1) is 0 Å². The van der Waals surface area contributed by atoms with Crippen LogP contribution in [0.25, 0.3) is 0 Å². The first kappa shape index (κ1) is 16.9. The molecule has 0 bridgehead atoms. The lowest BCUT2D eigenvalue weighted by Gasteiger charge is -2.18. The summed E-state index contributed by atoms with van der Waals surface area (Å²) in [5.41, 5.74) is 5.06. The number of aliphatic carboxylic acids is 1. The van der Waals surface area contributed by atoms with Gasteiger partial charge in [-0.15, -0.1) is 0 Å². The van der Waals surface area contributed by atoms with Gasteiger partial charge < -0.3 is 21.5 Å². The van der Waals surface area contributed by atoms with E-state index in [2.05, 4.69) is 10.6 Å². The molecule has 0 heterocycles. The third-order valence-corrected chi connectivity index (χ3v) is 2.40. The first-order valence-electron chi connectivity index (χ1n) is 5.88. The Hall–Kier alpha value is -2.12. The Kier molecular flexibility index (Phi) is 7.16. The number of rotatable bonds is 8. The van der Waals surface area contributed by atoms with Crippen LogP contribution in [-0.2, 0) is 19.2 Å². The number of nitrogens with two attached hydrogens (primary N) is 1. The second-order valence-corrected chi connectivity index (χ2v) is 4.04. The average molecular weight is 273 g/mol. The van der Waals surface area contributed by atoms with Gasteiger partial charge in [0.25, 0.3) is 0 Å². The van der Waals surface area contributed by atoms with Crippen molar-refractivity contribution in [1.82, 2.24) is 10.6 Å². The fourth-order valence-electron chi connectivity index (χ4n) is 1.26. The van der Waals surface area contributed by atoms with E-state index in [0.29, 0.717) is 0 Å². The van der Waals surface area contributed by atoms with Gasteiger partial charge in [0.15, 0.2) is 0 Å². The van der Waals surface area contributed by atoms with Crippen molar-refractivity contribution in [3.8, 4) is 0 Å². The molecule has 0 aliphatic carbocycles. The Balaban J connectivity index is 4.41. The van der Waals surface area contributed by atoms with E-state index in [4.69, 9.17) is 10.8 Å². The Morgan fingerprint density at radius 1 is 1.21 bits per heavy atom. The topological polar surface area (TPSA) is 139 Å². The predicted octanol–water partition coefficient (Wildman–Crippen LogP) is -1.26. The number of carboxylic acids is 1. The monoisotopic (exact) mass is 273 g/mol. The van der Waals surface area contributed by atoms with E-state index in [0.717, 1.165) is 0 Å². The summed E-state index contributed by atoms with van der Waals surface area (Å²) < 4.78 is 0. The molecule has 5 N–H and O–H groups in total. The summed E-state index contributed by atoms with van der Waals surface area (Å²) in [6.45, 7) is 3.09. The number of hydrogen-bond acceptors (Lipinski definition) is 4. The summed E-state index contributed by atoms with van der Waals surface area (Å²) in [5.74, 6) is -2.80. The van der Waals surface area contributed by atoms with Gasteiger partial charge in [0.2, 0.25) is 17.7 Å². The lowest BCUT2D eigenvalue weighted by Crippen LogP contribution is -2.51. The molecular formula is C11H19N3O5. The minimum absolute atomic E-state index is 0.0924. The van der Waals surface area contributed by atoms with E-state index in [-0.39, 0.29) is 25.2 Å². The molecule has 0 spiro atoms. The van der Waals surface area contributed by atoms with Crippen molar-refractivity contribution in [1.29, 1.82) is 0 Å². The van der Waals surface area contributed by atoms with Crippen LogP contribution in [0.4, 0.5) is 0 Å². The summed E-state index contributed by atoms with van der Waals surface area (Å²) >= 11 is 0. The van der Waals surface area contributed by atoms with Gasteiger partial charge in [-0.05, 0) is 13.3 Å². The molecule has 0 saturated carbocycles. The first-order chi connectivity index (χ1) is 8.77. The van der Waals surface area contributed by atoms with Gasteiger partial charge in [0, 0.05) is 12.8 Å². The Labute approximate surface area is 110 Å². The summed E-state index contributed by atoms with van der Waals surface area (Å²) in [6.07, 6.45) is -0.148. The molecule has 0 aliphatic heterocycles. The largest absolute Gasteiger partial charge is 0.481 e. The Morgan fingerprint density at radius 3 is 2.21 bits per heavy atom. The van der Waals surface area contributed by atoms with Crippen LogP contribution in [0.3, 0.4) is 0 Å². The van der Waals surface area contributed by atoms with Crippen LogP contribution in [0.2, 0.25) is 0 Å². The van der Waals surface area contributed by atoms with Crippen LogP contribution in [0.5, 0.6) is 0 Å². The highest BCUT2D eigenvalue weighted by atomic mass is 16.4. The van der Waals surface area contributed by atoms with Crippen molar-refractivity contribution >= 4 is 23.7 Å². The molecule has 0 radical (unpaired) electrons. The summed E-state index contributed by atoms with van der Waals surface area (Å²) in [5, 5.41) is 13.2. The molecule has 0 aliphatic rings. The van der Waals surface area contributed by atoms with Crippen molar-refractivity contribution in [2.75, 3.05) is 0 Å². The molecular weight excluding hydrogens is 254 g/mol. The standard InChI is InChI=1S/C11H19N3O5/c1-3-8(15)13-6(2)11(19)14-7(10(12)18)4-5-9(16)17/h6-7H,3-5H2,1-2H3,(H2,12,18)(H,13,15)(H,14,19)(H,16,17)/t6-,7+/m0/s1. The predicted molar refractivity (Wildman–Crippen MR) is 65.9 cm³/mol. The van der Waals surface area contributed by atoms with Crippen LogP contribution in [0.15, 0.2) is 0 Å². The molecule has 0 unspecified atom stereocenters. The molecule has 2 atom stereocenters. The van der Waals surface area contributed by atoms with Crippen molar-refractivity contribution in [3.63, 3.8) is 0 Å². The normalized spacial score (nSPS) is 13.2. The van der Waals surface area contributed by atoms with E-state index < -0.39 is 29.9 Å². The van der Waals surface area contributed by atoms with Gasteiger partial charge in [0.1, 0.15) is 12.1 Å². The van der Waals surface area contributed by atoms with Crippen molar-refractivity contribution in [3.05, 3.63) is 0 Å². The Bertz CT molecular complexity index is 369. The first-order valence-corrected chi connectivity index (χ1v) is 5.88. The van der Waals surface area contributed by atoms with E-state index in [1.165, 1.54) is 6.92 Å². The maximum absolute atomic E-state index is 11.7. The summed E-state index contributed by atoms with van der Waals surface area (Å²) in [7, 11) is 0. The van der Waals surface area contributed by atoms with Crippen molar-refractivity contribution in [2.24, 2.45) is 5.73 Å². The zero-order chi connectivity index (χ0) is 15.0. The highest BCUT2D eigenvalue weighted by Gasteiger charge is 2.22. The number of carboxylic acid groups (broad SMARTS) is 1. The van der Waals surface area contributed by atoms with Crippen molar-refractivity contribution < 1.29 is 24.3 Å². The molecule has 0 aromatic heterocycles.